The van der Waals surface area contributed by atoms with Gasteiger partial charge in [-0.25, -0.2) is 4.79 Å². The van der Waals surface area contributed by atoms with Gasteiger partial charge in [-0.2, -0.15) is 5.26 Å². The van der Waals surface area contributed by atoms with Gasteiger partial charge in [-0.1, -0.05) is 50.7 Å². The van der Waals surface area contributed by atoms with E-state index in [0.717, 1.165) is 0 Å². The molecule has 2 fully saturated rings. The Kier molecular flexibility index (Phi) is 6.43. The smallest absolute Gasteiger partial charge is 0.330 e. The van der Waals surface area contributed by atoms with E-state index in [1.54, 1.807) is 13.0 Å². The fourth-order valence-corrected chi connectivity index (χ4v) is 4.96. The minimum Gasteiger partial charge on any atom is -0.460 e. The topological polar surface area (TPSA) is 99.5 Å². The number of ether oxygens (including phenoxy) is 1. The van der Waals surface area contributed by atoms with Crippen LogP contribution in [0.15, 0.2) is 0 Å². The summed E-state index contributed by atoms with van der Waals surface area (Å²) in [5.41, 5.74) is 0. The van der Waals surface area contributed by atoms with Crippen LogP contribution < -0.4 is 5.32 Å². The number of halogens is 4. The third-order valence-electron chi connectivity index (χ3n) is 3.62. The number of alkyl halides is 4. The largest absolute Gasteiger partial charge is 0.460 e. The van der Waals surface area contributed by atoms with E-state index in [1.165, 1.54) is 16.7 Å². The van der Waals surface area contributed by atoms with Crippen LogP contribution in [0.25, 0.3) is 0 Å². The first kappa shape index (κ1) is 20.9. The summed E-state index contributed by atoms with van der Waals surface area (Å²) in [6.45, 7) is 1.31. The molecular formula is C13H13BrCl3N3O4S. The highest BCUT2D eigenvalue weighted by molar-refractivity contribution is 9.10. The molecule has 2 aliphatic rings. The second-order valence-electron chi connectivity index (χ2n) is 5.73. The maximum Gasteiger partial charge on any atom is 0.330 e. The number of carbonyl (C=O) groups is 3. The summed E-state index contributed by atoms with van der Waals surface area (Å²) in [4.78, 5) is 37.8. The molecule has 25 heavy (non-hydrogen) atoms. The number of hydrogen-bond acceptors (Lipinski definition) is 6. The highest BCUT2D eigenvalue weighted by atomic mass is 79.9. The molecule has 0 aromatic carbocycles. The van der Waals surface area contributed by atoms with Crippen molar-refractivity contribution in [3.05, 3.63) is 0 Å². The van der Waals surface area contributed by atoms with Crippen molar-refractivity contribution in [3.63, 3.8) is 0 Å². The van der Waals surface area contributed by atoms with Gasteiger partial charge in [-0.05, 0) is 6.92 Å². The van der Waals surface area contributed by atoms with E-state index in [9.17, 15) is 14.4 Å². The number of rotatable bonds is 4. The SMILES string of the molecule is CC1(Br)CS[C@@H]2C(NC(=O)CC#N)C(=O)N2C1C(=O)OCC(Cl)(Cl)Cl. The van der Waals surface area contributed by atoms with Crippen molar-refractivity contribution in [2.75, 3.05) is 12.4 Å². The second kappa shape index (κ2) is 7.69. The van der Waals surface area contributed by atoms with Gasteiger partial charge in [-0.15, -0.1) is 11.8 Å². The Morgan fingerprint density at radius 3 is 2.76 bits per heavy atom. The van der Waals surface area contributed by atoms with E-state index in [4.69, 9.17) is 44.8 Å². The van der Waals surface area contributed by atoms with Gasteiger partial charge in [0.25, 0.3) is 0 Å². The molecule has 2 saturated heterocycles. The maximum absolute atomic E-state index is 12.5. The van der Waals surface area contributed by atoms with E-state index in [2.05, 4.69) is 21.2 Å². The van der Waals surface area contributed by atoms with Crippen LogP contribution in [-0.2, 0) is 19.1 Å². The van der Waals surface area contributed by atoms with Crippen LogP contribution in [0.2, 0.25) is 0 Å². The molecule has 0 aliphatic carbocycles. The van der Waals surface area contributed by atoms with Crippen LogP contribution in [0.3, 0.4) is 0 Å². The summed E-state index contributed by atoms with van der Waals surface area (Å²) < 4.78 is 2.54. The molecule has 2 rings (SSSR count). The summed E-state index contributed by atoms with van der Waals surface area (Å²) in [5.74, 6) is -1.18. The number of nitrogens with zero attached hydrogens (tertiary/aromatic N) is 2. The fraction of sp³-hybridized carbons (Fsp3) is 0.692. The van der Waals surface area contributed by atoms with Gasteiger partial charge < -0.3 is 15.0 Å². The van der Waals surface area contributed by atoms with Crippen LogP contribution >= 0.6 is 62.5 Å². The van der Waals surface area contributed by atoms with Crippen LogP contribution in [0.1, 0.15) is 13.3 Å². The molecule has 12 heteroatoms. The van der Waals surface area contributed by atoms with Crippen LogP contribution in [0, 0.1) is 11.3 Å². The minimum absolute atomic E-state index is 0.341. The number of carbonyl (C=O) groups excluding carboxylic acids is 3. The van der Waals surface area contributed by atoms with Gasteiger partial charge in [0.05, 0.1) is 10.4 Å². The Morgan fingerprint density at radius 2 is 2.20 bits per heavy atom. The average Bonchev–Trinajstić information content (AvgIpc) is 2.49. The number of nitrogens with one attached hydrogen (secondary N) is 1. The predicted octanol–water partition coefficient (Wildman–Crippen LogP) is 1.74. The lowest BCUT2D eigenvalue weighted by molar-refractivity contribution is -0.166. The van der Waals surface area contributed by atoms with Gasteiger partial charge >= 0.3 is 5.97 Å². The van der Waals surface area contributed by atoms with Gasteiger partial charge in [0.1, 0.15) is 30.5 Å². The fourth-order valence-electron chi connectivity index (χ4n) is 2.57. The number of β-lactam (4-membered cyclic amide) rings is 1. The van der Waals surface area contributed by atoms with Crippen molar-refractivity contribution in [1.29, 1.82) is 5.26 Å². The first-order chi connectivity index (χ1) is 11.5. The zero-order chi connectivity index (χ0) is 19.0. The highest BCUT2D eigenvalue weighted by Gasteiger charge is 2.61. The Labute approximate surface area is 171 Å². The van der Waals surface area contributed by atoms with Crippen molar-refractivity contribution in [2.45, 2.75) is 38.9 Å². The molecule has 0 aromatic rings. The Hall–Kier alpha value is -0.400. The Bertz CT molecular complexity index is 637. The molecule has 0 bridgehead atoms. The van der Waals surface area contributed by atoms with E-state index >= 15 is 0 Å². The number of esters is 1. The molecule has 2 amide bonds. The van der Waals surface area contributed by atoms with E-state index in [0.29, 0.717) is 5.75 Å². The summed E-state index contributed by atoms with van der Waals surface area (Å²) in [7, 11) is 0. The van der Waals surface area contributed by atoms with Crippen LogP contribution in [-0.4, -0.2) is 60.6 Å². The van der Waals surface area contributed by atoms with E-state index in [1.807, 2.05) is 0 Å². The molecule has 138 valence electrons. The lowest BCUT2D eigenvalue weighted by Crippen LogP contribution is -2.78. The van der Waals surface area contributed by atoms with Crippen molar-refractivity contribution < 1.29 is 19.1 Å². The molecule has 0 saturated carbocycles. The molecule has 4 atom stereocenters. The molecular weight excluding hydrogens is 480 g/mol. The Balaban J connectivity index is 2.11. The first-order valence-electron chi connectivity index (χ1n) is 7.00. The standard InChI is InChI=1S/C13H13BrCl3N3O4S/c1-12(14)5-25-10-7(19-6(21)2-3-18)9(22)20(10)8(12)11(23)24-4-13(15,16)17/h7-8,10H,2,4-5H2,1H3,(H,19,21)/t7?,8?,10-,12?/m1/s1. The molecule has 0 aromatic heterocycles. The van der Waals surface area contributed by atoms with Crippen LogP contribution in [0.5, 0.6) is 0 Å². The van der Waals surface area contributed by atoms with Crippen molar-refractivity contribution in [3.8, 4) is 6.07 Å². The highest BCUT2D eigenvalue weighted by Crippen LogP contribution is 2.46. The molecule has 0 spiro atoms. The lowest BCUT2D eigenvalue weighted by Gasteiger charge is -2.56. The van der Waals surface area contributed by atoms with Crippen molar-refractivity contribution in [1.82, 2.24) is 10.2 Å². The molecule has 0 radical (unpaired) electrons. The first-order valence-corrected chi connectivity index (χ1v) is 9.98. The van der Waals surface area contributed by atoms with Crippen molar-refractivity contribution >= 4 is 80.3 Å². The monoisotopic (exact) mass is 491 g/mol. The number of hydrogen-bond donors (Lipinski definition) is 1. The second-order valence-corrected chi connectivity index (χ2v) is 11.2. The number of thioether (sulfide) groups is 1. The van der Waals surface area contributed by atoms with E-state index in [-0.39, 0.29) is 6.42 Å². The number of amides is 2. The third-order valence-corrected chi connectivity index (χ3v) is 6.64. The van der Waals surface area contributed by atoms with Gasteiger partial charge in [0.15, 0.2) is 0 Å². The summed E-state index contributed by atoms with van der Waals surface area (Å²) in [6.07, 6.45) is -0.341. The summed E-state index contributed by atoms with van der Waals surface area (Å²) in [6, 6.07) is 0.00822. The molecule has 3 unspecified atom stereocenters. The summed E-state index contributed by atoms with van der Waals surface area (Å²) >= 11 is 21.6. The van der Waals surface area contributed by atoms with Gasteiger partial charge in [0.2, 0.25) is 15.6 Å². The number of fused-ring (bicyclic) bond motifs is 1. The zero-order valence-corrected chi connectivity index (χ0v) is 17.5. The quantitative estimate of drug-likeness (QED) is 0.364. The summed E-state index contributed by atoms with van der Waals surface area (Å²) in [5, 5.41) is 10.6. The zero-order valence-electron chi connectivity index (χ0n) is 12.8. The van der Waals surface area contributed by atoms with Gasteiger partial charge in [0, 0.05) is 5.75 Å². The minimum atomic E-state index is -1.76. The lowest BCUT2D eigenvalue weighted by atomic mass is 9.94. The average molecular weight is 494 g/mol. The normalized spacial score (nSPS) is 31.4. The van der Waals surface area contributed by atoms with Crippen LogP contribution in [0.4, 0.5) is 0 Å². The predicted molar refractivity (Wildman–Crippen MR) is 97.6 cm³/mol. The molecule has 7 nitrogen and oxygen atoms in total. The maximum atomic E-state index is 12.5. The molecule has 1 N–H and O–H groups in total. The third kappa shape index (κ3) is 4.66. The van der Waals surface area contributed by atoms with E-state index < -0.39 is 50.0 Å². The Morgan fingerprint density at radius 1 is 1.56 bits per heavy atom. The van der Waals surface area contributed by atoms with Crippen molar-refractivity contribution in [2.24, 2.45) is 0 Å². The van der Waals surface area contributed by atoms with Gasteiger partial charge in [-0.3, -0.25) is 9.59 Å². The molecule has 2 aliphatic heterocycles. The molecule has 2 heterocycles. The number of nitriles is 1.